The lowest BCUT2D eigenvalue weighted by molar-refractivity contribution is -0.139. The molecule has 29 heavy (non-hydrogen) atoms. The van der Waals surface area contributed by atoms with Crippen molar-refractivity contribution in [3.63, 3.8) is 0 Å². The minimum absolute atomic E-state index is 0.103. The van der Waals surface area contributed by atoms with E-state index in [4.69, 9.17) is 11.1 Å². The van der Waals surface area contributed by atoms with Crippen LogP contribution in [0.15, 0.2) is 36.5 Å². The van der Waals surface area contributed by atoms with Crippen molar-refractivity contribution in [2.45, 2.75) is 18.8 Å². The fourth-order valence-electron chi connectivity index (χ4n) is 2.35. The summed E-state index contributed by atoms with van der Waals surface area (Å²) in [6.45, 7) is -0.213. The Morgan fingerprint density at radius 3 is 2.52 bits per heavy atom. The Morgan fingerprint density at radius 2 is 1.93 bits per heavy atom. The Balaban J connectivity index is 1.83. The molecule has 0 bridgehead atoms. The molecule has 2 amide bonds. The molecule has 1 aromatic heterocycles. The van der Waals surface area contributed by atoms with E-state index in [-0.39, 0.29) is 42.2 Å². The van der Waals surface area contributed by atoms with Crippen molar-refractivity contribution in [2.75, 3.05) is 11.9 Å². The molecule has 0 fully saturated rings. The Bertz CT molecular complexity index is 922. The van der Waals surface area contributed by atoms with Crippen LogP contribution in [0.2, 0.25) is 0 Å². The lowest BCUT2D eigenvalue weighted by Gasteiger charge is -2.12. The van der Waals surface area contributed by atoms with Gasteiger partial charge in [-0.3, -0.25) is 19.8 Å². The number of aliphatic carboxylic acids is 1. The van der Waals surface area contributed by atoms with Crippen molar-refractivity contribution in [1.29, 1.82) is 5.41 Å². The molecule has 2 rings (SSSR count). The lowest BCUT2D eigenvalue weighted by Crippen LogP contribution is -2.32. The van der Waals surface area contributed by atoms with Crippen LogP contribution >= 0.6 is 0 Å². The highest BCUT2D eigenvalue weighted by Gasteiger charge is 2.22. The highest BCUT2D eigenvalue weighted by atomic mass is 19.1. The second-order valence-electron chi connectivity index (χ2n) is 6.00. The number of carbonyl (C=O) groups is 3. The van der Waals surface area contributed by atoms with Crippen LogP contribution in [0.1, 0.15) is 30.0 Å². The number of carboxylic acid groups (broad SMARTS) is 1. The van der Waals surface area contributed by atoms with Crippen molar-refractivity contribution >= 4 is 29.3 Å². The number of carboxylic acids is 1. The number of hydrogen-bond donors (Lipinski definition) is 5. The molecule has 0 aliphatic carbocycles. The molecule has 1 unspecified atom stereocenters. The van der Waals surface area contributed by atoms with E-state index in [1.54, 1.807) is 0 Å². The zero-order valence-corrected chi connectivity index (χ0v) is 15.2. The summed E-state index contributed by atoms with van der Waals surface area (Å²) in [6.07, 6.45) is 0.949. The zero-order valence-electron chi connectivity index (χ0n) is 15.2. The van der Waals surface area contributed by atoms with E-state index in [2.05, 4.69) is 20.8 Å². The summed E-state index contributed by atoms with van der Waals surface area (Å²) in [5.74, 6) is -4.45. The van der Waals surface area contributed by atoms with E-state index in [1.807, 2.05) is 0 Å². The number of benzene rings is 1. The first-order valence-corrected chi connectivity index (χ1v) is 8.49. The molecule has 1 aromatic carbocycles. The van der Waals surface area contributed by atoms with Gasteiger partial charge >= 0.3 is 5.97 Å². The predicted molar refractivity (Wildman–Crippen MR) is 101 cm³/mol. The minimum Gasteiger partial charge on any atom is -0.481 e. The van der Waals surface area contributed by atoms with E-state index in [9.17, 15) is 23.9 Å². The second-order valence-corrected chi connectivity index (χ2v) is 6.00. The number of carbonyl (C=O) groups excluding carboxylic acids is 2. The third kappa shape index (κ3) is 6.34. The number of nitrogen functional groups attached to an aromatic ring is 1. The summed E-state index contributed by atoms with van der Waals surface area (Å²) in [6, 6.07) is 6.68. The Kier molecular flexibility index (Phi) is 7.29. The normalized spacial score (nSPS) is 11.3. The van der Waals surface area contributed by atoms with Crippen molar-refractivity contribution in [3.05, 3.63) is 53.6 Å². The zero-order chi connectivity index (χ0) is 21.4. The number of nitrogens with zero attached hydrogens (tertiary/aromatic N) is 2. The molecule has 0 radical (unpaired) electrons. The van der Waals surface area contributed by atoms with Gasteiger partial charge < -0.3 is 21.5 Å². The molecule has 0 spiro atoms. The maximum Gasteiger partial charge on any atom is 0.314 e. The van der Waals surface area contributed by atoms with Crippen molar-refractivity contribution in [1.82, 2.24) is 15.5 Å². The van der Waals surface area contributed by atoms with Crippen LogP contribution < -0.4 is 16.4 Å². The SMILES string of the molecule is N=C(N)c1ccc(NC(=O)CCC(=O)NCC(C(=O)O)c2cccnn2)c(F)c1. The summed E-state index contributed by atoms with van der Waals surface area (Å²) >= 11 is 0. The van der Waals surface area contributed by atoms with Gasteiger partial charge in [0.05, 0.1) is 11.4 Å². The molecule has 0 saturated heterocycles. The summed E-state index contributed by atoms with van der Waals surface area (Å²) in [7, 11) is 0. The van der Waals surface area contributed by atoms with E-state index in [0.29, 0.717) is 0 Å². The molecule has 10 nitrogen and oxygen atoms in total. The van der Waals surface area contributed by atoms with E-state index < -0.39 is 29.5 Å². The van der Waals surface area contributed by atoms with E-state index in [1.165, 1.54) is 30.5 Å². The fraction of sp³-hybridized carbons (Fsp3) is 0.222. The van der Waals surface area contributed by atoms with Crippen molar-refractivity contribution in [3.8, 4) is 0 Å². The largest absolute Gasteiger partial charge is 0.481 e. The number of amidine groups is 1. The summed E-state index contributed by atoms with van der Waals surface area (Å²) in [5, 5.41) is 28.6. The lowest BCUT2D eigenvalue weighted by atomic mass is 10.1. The van der Waals surface area contributed by atoms with Crippen LogP contribution in [0.5, 0.6) is 0 Å². The molecule has 1 atom stereocenters. The van der Waals surface area contributed by atoms with Gasteiger partial charge in [-0.25, -0.2) is 4.39 Å². The van der Waals surface area contributed by atoms with Crippen LogP contribution in [-0.4, -0.2) is 45.5 Å². The molecule has 2 aromatic rings. The van der Waals surface area contributed by atoms with Gasteiger partial charge in [0, 0.05) is 31.1 Å². The third-order valence-electron chi connectivity index (χ3n) is 3.88. The van der Waals surface area contributed by atoms with E-state index in [0.717, 1.165) is 6.07 Å². The number of aromatic nitrogens is 2. The van der Waals surface area contributed by atoms with Gasteiger partial charge in [-0.2, -0.15) is 10.2 Å². The monoisotopic (exact) mass is 402 g/mol. The number of rotatable bonds is 9. The summed E-state index contributed by atoms with van der Waals surface area (Å²) in [4.78, 5) is 35.2. The van der Waals surface area contributed by atoms with Gasteiger partial charge in [0.2, 0.25) is 11.8 Å². The summed E-state index contributed by atoms with van der Waals surface area (Å²) in [5.41, 5.74) is 5.53. The molecular formula is C18H19FN6O4. The Hall–Kier alpha value is -3.89. The summed E-state index contributed by atoms with van der Waals surface area (Å²) < 4.78 is 13.9. The number of anilines is 1. The molecule has 11 heteroatoms. The average Bonchev–Trinajstić information content (AvgIpc) is 2.68. The van der Waals surface area contributed by atoms with Gasteiger partial charge in [-0.1, -0.05) is 0 Å². The van der Waals surface area contributed by atoms with Gasteiger partial charge in [0.25, 0.3) is 0 Å². The number of nitrogens with one attached hydrogen (secondary N) is 3. The topological polar surface area (TPSA) is 171 Å². The van der Waals surface area contributed by atoms with Gasteiger partial charge in [-0.05, 0) is 30.3 Å². The molecule has 152 valence electrons. The maximum absolute atomic E-state index is 13.9. The second kappa shape index (κ2) is 9.88. The van der Waals surface area contributed by atoms with Crippen LogP contribution in [-0.2, 0) is 14.4 Å². The number of halogens is 1. The highest BCUT2D eigenvalue weighted by molar-refractivity contribution is 5.97. The quantitative estimate of drug-likeness (QED) is 0.302. The van der Waals surface area contributed by atoms with E-state index >= 15 is 0 Å². The molecule has 0 saturated carbocycles. The van der Waals surface area contributed by atoms with Crippen molar-refractivity contribution < 1.29 is 23.9 Å². The predicted octanol–water partition coefficient (Wildman–Crippen LogP) is 0.603. The first-order chi connectivity index (χ1) is 13.8. The van der Waals surface area contributed by atoms with Crippen LogP contribution in [0, 0.1) is 11.2 Å². The highest BCUT2D eigenvalue weighted by Crippen LogP contribution is 2.16. The smallest absolute Gasteiger partial charge is 0.314 e. The average molecular weight is 402 g/mol. The molecule has 6 N–H and O–H groups in total. The third-order valence-corrected chi connectivity index (χ3v) is 3.88. The molecular weight excluding hydrogens is 383 g/mol. The Morgan fingerprint density at radius 1 is 1.21 bits per heavy atom. The number of hydrogen-bond acceptors (Lipinski definition) is 6. The first kappa shape index (κ1) is 21.4. The van der Waals surface area contributed by atoms with Gasteiger partial charge in [0.15, 0.2) is 0 Å². The maximum atomic E-state index is 13.9. The molecule has 0 aliphatic heterocycles. The number of amides is 2. The number of nitrogens with two attached hydrogens (primary N) is 1. The fourth-order valence-corrected chi connectivity index (χ4v) is 2.35. The standard InChI is InChI=1S/C18H19FN6O4/c19-12-8-10(17(20)21)3-4-14(12)24-16(27)6-5-15(26)22-9-11(18(28)29)13-2-1-7-23-25-13/h1-4,7-8,11H,5-6,9H2,(H3,20,21)(H,22,26)(H,24,27)(H,28,29). The van der Waals surface area contributed by atoms with Gasteiger partial charge in [0.1, 0.15) is 17.6 Å². The van der Waals surface area contributed by atoms with Crippen molar-refractivity contribution in [2.24, 2.45) is 5.73 Å². The first-order valence-electron chi connectivity index (χ1n) is 8.49. The minimum atomic E-state index is -1.17. The van der Waals surface area contributed by atoms with Gasteiger partial charge in [-0.15, -0.1) is 0 Å². The van der Waals surface area contributed by atoms with Crippen LogP contribution in [0.25, 0.3) is 0 Å². The molecule has 0 aliphatic rings. The Labute approximate surface area is 164 Å². The van der Waals surface area contributed by atoms with Crippen LogP contribution in [0.4, 0.5) is 10.1 Å². The van der Waals surface area contributed by atoms with Crippen LogP contribution in [0.3, 0.4) is 0 Å². The molecule has 1 heterocycles.